The number of hydrogen-bond acceptors (Lipinski definition) is 5. The van der Waals surface area contributed by atoms with E-state index in [2.05, 4.69) is 10.6 Å². The lowest BCUT2D eigenvalue weighted by atomic mass is 9.92. The van der Waals surface area contributed by atoms with Crippen LogP contribution < -0.4 is 20.1 Å². The fraction of sp³-hybridized carbons (Fsp3) is 0.286. The van der Waals surface area contributed by atoms with E-state index in [1.807, 2.05) is 6.07 Å². The summed E-state index contributed by atoms with van der Waals surface area (Å²) in [6.45, 7) is 1.46. The fourth-order valence-corrected chi connectivity index (χ4v) is 3.80. The van der Waals surface area contributed by atoms with E-state index < -0.39 is 29.9 Å². The van der Waals surface area contributed by atoms with Crippen molar-refractivity contribution in [2.75, 3.05) is 26.8 Å². The molecule has 2 aromatic rings. The highest BCUT2D eigenvalue weighted by Gasteiger charge is 2.50. The minimum atomic E-state index is -1.40. The fourth-order valence-electron chi connectivity index (χ4n) is 3.21. The third-order valence-corrected chi connectivity index (χ3v) is 5.35. The van der Waals surface area contributed by atoms with Crippen LogP contribution in [-0.4, -0.2) is 49.6 Å². The summed E-state index contributed by atoms with van der Waals surface area (Å²) in [6.07, 6.45) is 0. The van der Waals surface area contributed by atoms with Gasteiger partial charge >= 0.3 is 6.03 Å². The molecule has 1 aliphatic heterocycles. The molecule has 1 atom stereocenters. The van der Waals surface area contributed by atoms with Gasteiger partial charge in [0, 0.05) is 15.6 Å². The Labute approximate surface area is 189 Å². The van der Waals surface area contributed by atoms with Crippen LogP contribution in [0.25, 0.3) is 0 Å². The number of benzene rings is 2. The number of nitrogens with one attached hydrogen (secondary N) is 2. The van der Waals surface area contributed by atoms with Crippen LogP contribution in [0.2, 0.25) is 10.0 Å². The summed E-state index contributed by atoms with van der Waals surface area (Å²) < 4.78 is 10.8. The first kappa shape index (κ1) is 22.7. The van der Waals surface area contributed by atoms with Gasteiger partial charge in [-0.1, -0.05) is 41.4 Å². The maximum absolute atomic E-state index is 12.9. The third kappa shape index (κ3) is 4.86. The number of methoxy groups -OCH3 is 1. The summed E-state index contributed by atoms with van der Waals surface area (Å²) in [5, 5.41) is 5.87. The number of rotatable bonds is 8. The first-order chi connectivity index (χ1) is 14.8. The lowest BCUT2D eigenvalue weighted by molar-refractivity contribution is -0.134. The predicted octanol–water partition coefficient (Wildman–Crippen LogP) is 2.96. The molecule has 0 spiro atoms. The molecule has 2 aromatic carbocycles. The van der Waals surface area contributed by atoms with Crippen molar-refractivity contribution in [1.29, 1.82) is 0 Å². The number of imide groups is 1. The van der Waals surface area contributed by atoms with E-state index >= 15 is 0 Å². The van der Waals surface area contributed by atoms with E-state index in [4.69, 9.17) is 32.7 Å². The van der Waals surface area contributed by atoms with Gasteiger partial charge in [-0.2, -0.15) is 0 Å². The molecular formula is C21H21Cl2N3O5. The van der Waals surface area contributed by atoms with E-state index in [-0.39, 0.29) is 18.2 Å². The van der Waals surface area contributed by atoms with Gasteiger partial charge in [0.1, 0.15) is 18.7 Å². The van der Waals surface area contributed by atoms with Crippen LogP contribution >= 0.6 is 23.2 Å². The van der Waals surface area contributed by atoms with E-state index in [1.165, 1.54) is 20.1 Å². The van der Waals surface area contributed by atoms with Crippen molar-refractivity contribution < 1.29 is 23.9 Å². The molecule has 0 bridgehead atoms. The molecule has 31 heavy (non-hydrogen) atoms. The zero-order valence-electron chi connectivity index (χ0n) is 16.9. The topological polar surface area (TPSA) is 97.0 Å². The van der Waals surface area contributed by atoms with Gasteiger partial charge in [-0.15, -0.1) is 0 Å². The van der Waals surface area contributed by atoms with Crippen LogP contribution in [0, 0.1) is 0 Å². The highest BCUT2D eigenvalue weighted by molar-refractivity contribution is 6.35. The van der Waals surface area contributed by atoms with E-state index in [9.17, 15) is 14.4 Å². The summed E-state index contributed by atoms with van der Waals surface area (Å²) in [7, 11) is 1.53. The molecule has 8 nitrogen and oxygen atoms in total. The Hall–Kier alpha value is -2.97. The molecule has 0 radical (unpaired) electrons. The maximum atomic E-state index is 12.9. The molecule has 1 fully saturated rings. The van der Waals surface area contributed by atoms with Gasteiger partial charge in [-0.05, 0) is 31.2 Å². The summed E-state index contributed by atoms with van der Waals surface area (Å²) in [5.74, 6) is 0.0398. The first-order valence-electron chi connectivity index (χ1n) is 9.38. The number of para-hydroxylation sites is 2. The Kier molecular flexibility index (Phi) is 6.92. The largest absolute Gasteiger partial charge is 0.493 e. The molecule has 0 saturated carbocycles. The molecular weight excluding hydrogens is 445 g/mol. The minimum absolute atomic E-state index is 0.181. The lowest BCUT2D eigenvalue weighted by Crippen LogP contribution is -2.44. The zero-order chi connectivity index (χ0) is 22.6. The number of urea groups is 1. The molecule has 2 N–H and O–H groups in total. The Balaban J connectivity index is 1.56. The van der Waals surface area contributed by atoms with Gasteiger partial charge in [0.15, 0.2) is 11.5 Å². The van der Waals surface area contributed by atoms with Crippen LogP contribution in [0.3, 0.4) is 0 Å². The van der Waals surface area contributed by atoms with Crippen LogP contribution in [0.5, 0.6) is 11.5 Å². The Morgan fingerprint density at radius 3 is 2.55 bits per heavy atom. The summed E-state index contributed by atoms with van der Waals surface area (Å²) >= 11 is 12.1. The standard InChI is InChI=1S/C21H21Cl2N3O5/c1-21(14-8-7-13(22)11-15(14)23)19(28)26(20(29)25-21)12-18(27)24-9-10-31-17-6-4-3-5-16(17)30-2/h3-8,11H,9-10,12H2,1-2H3,(H,24,27)(H,25,29). The van der Waals surface area contributed by atoms with Gasteiger partial charge in [-0.25, -0.2) is 4.79 Å². The normalized spacial score (nSPS) is 18.0. The van der Waals surface area contributed by atoms with Gasteiger partial charge in [0.25, 0.3) is 5.91 Å². The maximum Gasteiger partial charge on any atom is 0.325 e. The third-order valence-electron chi connectivity index (χ3n) is 4.80. The second-order valence-electron chi connectivity index (χ2n) is 6.92. The average Bonchev–Trinajstić information content (AvgIpc) is 2.95. The number of halogens is 2. The highest BCUT2D eigenvalue weighted by Crippen LogP contribution is 2.34. The summed E-state index contributed by atoms with van der Waals surface area (Å²) in [5.41, 5.74) is -1.00. The molecule has 1 unspecified atom stereocenters. The minimum Gasteiger partial charge on any atom is -0.493 e. The van der Waals surface area contributed by atoms with Crippen LogP contribution in [0.4, 0.5) is 4.79 Å². The van der Waals surface area contributed by atoms with E-state index in [0.29, 0.717) is 22.1 Å². The molecule has 0 aromatic heterocycles. The Morgan fingerprint density at radius 2 is 1.87 bits per heavy atom. The van der Waals surface area contributed by atoms with Crippen molar-refractivity contribution in [3.05, 3.63) is 58.1 Å². The van der Waals surface area contributed by atoms with Crippen molar-refractivity contribution in [3.8, 4) is 11.5 Å². The van der Waals surface area contributed by atoms with Crippen molar-refractivity contribution in [2.45, 2.75) is 12.5 Å². The van der Waals surface area contributed by atoms with Gasteiger partial charge in [0.2, 0.25) is 5.91 Å². The van der Waals surface area contributed by atoms with Crippen molar-refractivity contribution >= 4 is 41.0 Å². The predicted molar refractivity (Wildman–Crippen MR) is 116 cm³/mol. The molecule has 0 aliphatic carbocycles. The first-order valence-corrected chi connectivity index (χ1v) is 10.1. The lowest BCUT2D eigenvalue weighted by Gasteiger charge is -2.23. The van der Waals surface area contributed by atoms with Crippen LogP contribution in [0.15, 0.2) is 42.5 Å². The SMILES string of the molecule is COc1ccccc1OCCNC(=O)CN1C(=O)NC(C)(c2ccc(Cl)cc2Cl)C1=O. The van der Waals surface area contributed by atoms with Crippen molar-refractivity contribution in [2.24, 2.45) is 0 Å². The van der Waals surface area contributed by atoms with Crippen LogP contribution in [0.1, 0.15) is 12.5 Å². The van der Waals surface area contributed by atoms with E-state index in [1.54, 1.807) is 30.3 Å². The molecule has 4 amide bonds. The summed E-state index contributed by atoms with van der Waals surface area (Å²) in [4.78, 5) is 38.4. The van der Waals surface area contributed by atoms with E-state index in [0.717, 1.165) is 4.90 Å². The number of amides is 4. The van der Waals surface area contributed by atoms with Crippen LogP contribution in [-0.2, 0) is 15.1 Å². The number of hydrogen-bond donors (Lipinski definition) is 2. The average molecular weight is 466 g/mol. The zero-order valence-corrected chi connectivity index (χ0v) is 18.4. The van der Waals surface area contributed by atoms with Crippen molar-refractivity contribution in [3.63, 3.8) is 0 Å². The van der Waals surface area contributed by atoms with Crippen molar-refractivity contribution in [1.82, 2.24) is 15.5 Å². The summed E-state index contributed by atoms with van der Waals surface area (Å²) in [6, 6.07) is 11.1. The number of carbonyl (C=O) groups excluding carboxylic acids is 3. The number of nitrogens with zero attached hydrogens (tertiary/aromatic N) is 1. The smallest absolute Gasteiger partial charge is 0.325 e. The Bertz CT molecular complexity index is 1020. The van der Waals surface area contributed by atoms with Gasteiger partial charge in [-0.3, -0.25) is 14.5 Å². The number of carbonyl (C=O) groups is 3. The van der Waals surface area contributed by atoms with Gasteiger partial charge < -0.3 is 20.1 Å². The second kappa shape index (κ2) is 9.45. The molecule has 1 saturated heterocycles. The molecule has 1 heterocycles. The quantitative estimate of drug-likeness (QED) is 0.461. The molecule has 3 rings (SSSR count). The molecule has 10 heteroatoms. The Morgan fingerprint density at radius 1 is 1.16 bits per heavy atom. The second-order valence-corrected chi connectivity index (χ2v) is 7.76. The highest BCUT2D eigenvalue weighted by atomic mass is 35.5. The number of ether oxygens (including phenoxy) is 2. The molecule has 164 valence electrons. The van der Waals surface area contributed by atoms with Gasteiger partial charge in [0.05, 0.1) is 13.7 Å². The molecule has 1 aliphatic rings. The monoisotopic (exact) mass is 465 g/mol.